The monoisotopic (exact) mass is 431 g/mol. The molecule has 1 amide bonds. The summed E-state index contributed by atoms with van der Waals surface area (Å²) >= 11 is 3.09. The predicted octanol–water partition coefficient (Wildman–Crippen LogP) is 6.39. The van der Waals surface area contributed by atoms with Crippen LogP contribution in [-0.2, 0) is 0 Å². The number of anilines is 1. The molecule has 3 nitrogen and oxygen atoms in total. The number of carbonyl (C=O) groups excluding carboxylic acids is 1. The van der Waals surface area contributed by atoms with Crippen molar-refractivity contribution in [3.63, 3.8) is 0 Å². The maximum Gasteiger partial charge on any atom is 0.259 e. The number of halogens is 3. The van der Waals surface area contributed by atoms with E-state index in [4.69, 9.17) is 4.74 Å². The van der Waals surface area contributed by atoms with Crippen molar-refractivity contribution in [2.24, 2.45) is 0 Å². The lowest BCUT2D eigenvalue weighted by Gasteiger charge is -2.14. The van der Waals surface area contributed by atoms with E-state index in [-0.39, 0.29) is 10.3 Å². The molecule has 0 heterocycles. The summed E-state index contributed by atoms with van der Waals surface area (Å²) in [6, 6.07) is 13.6. The Morgan fingerprint density at radius 2 is 1.70 bits per heavy atom. The predicted molar refractivity (Wildman–Crippen MR) is 104 cm³/mol. The Labute approximate surface area is 164 Å². The smallest absolute Gasteiger partial charge is 0.259 e. The lowest BCUT2D eigenvalue weighted by atomic mass is 10.1. The Kier molecular flexibility index (Phi) is 5.56. The van der Waals surface area contributed by atoms with E-state index in [9.17, 15) is 13.6 Å². The van der Waals surface area contributed by atoms with Gasteiger partial charge in [0.25, 0.3) is 5.91 Å². The molecule has 3 rings (SSSR count). The minimum absolute atomic E-state index is 0.253. The minimum atomic E-state index is -0.417. The van der Waals surface area contributed by atoms with Crippen molar-refractivity contribution in [3.8, 4) is 11.5 Å². The van der Waals surface area contributed by atoms with Gasteiger partial charge in [0, 0.05) is 5.69 Å². The van der Waals surface area contributed by atoms with E-state index in [0.717, 1.165) is 5.56 Å². The summed E-state index contributed by atoms with van der Waals surface area (Å²) in [5.41, 5.74) is 2.26. The number of benzene rings is 3. The molecule has 0 saturated heterocycles. The highest BCUT2D eigenvalue weighted by Gasteiger charge is 2.15. The number of hydrogen-bond acceptors (Lipinski definition) is 2. The van der Waals surface area contributed by atoms with Crippen molar-refractivity contribution in [1.82, 2.24) is 0 Å². The topological polar surface area (TPSA) is 38.3 Å². The molecule has 0 saturated carbocycles. The van der Waals surface area contributed by atoms with Crippen molar-refractivity contribution in [1.29, 1.82) is 0 Å². The Bertz CT molecular complexity index is 1020. The third-order valence-corrected chi connectivity index (χ3v) is 4.52. The van der Waals surface area contributed by atoms with Crippen molar-refractivity contribution >= 4 is 27.5 Å². The van der Waals surface area contributed by atoms with Crippen LogP contribution in [0, 0.1) is 25.5 Å². The molecule has 138 valence electrons. The molecule has 6 heteroatoms. The van der Waals surface area contributed by atoms with Gasteiger partial charge in [0.05, 0.1) is 10.0 Å². The molecule has 0 unspecified atom stereocenters. The first kappa shape index (κ1) is 19.0. The maximum absolute atomic E-state index is 13.4. The van der Waals surface area contributed by atoms with E-state index < -0.39 is 11.7 Å². The summed E-state index contributed by atoms with van der Waals surface area (Å²) in [5.74, 6) is -0.372. The standard InChI is InChI=1S/C21H16BrF2NO2/c1-12-3-7-20(27-19-8-4-14(23)10-13(19)2)16(9-12)21(26)25-15-5-6-18(24)17(22)11-15/h3-11H,1-2H3,(H,25,26). The van der Waals surface area contributed by atoms with Gasteiger partial charge in [-0.3, -0.25) is 4.79 Å². The van der Waals surface area contributed by atoms with E-state index in [2.05, 4.69) is 21.2 Å². The molecular formula is C21H16BrF2NO2. The SMILES string of the molecule is Cc1ccc(Oc2ccc(F)cc2C)c(C(=O)Nc2ccc(F)c(Br)c2)c1. The fraction of sp³-hybridized carbons (Fsp3) is 0.0952. The molecule has 0 fully saturated rings. The largest absolute Gasteiger partial charge is 0.456 e. The van der Waals surface area contributed by atoms with Crippen molar-refractivity contribution in [3.05, 3.63) is 87.4 Å². The van der Waals surface area contributed by atoms with E-state index in [1.807, 2.05) is 13.0 Å². The zero-order chi connectivity index (χ0) is 19.6. The summed E-state index contributed by atoms with van der Waals surface area (Å²) in [6.45, 7) is 3.58. The second-order valence-electron chi connectivity index (χ2n) is 6.09. The van der Waals surface area contributed by atoms with Crippen LogP contribution in [0.15, 0.2) is 59.1 Å². The van der Waals surface area contributed by atoms with Gasteiger partial charge in [-0.1, -0.05) is 11.6 Å². The van der Waals surface area contributed by atoms with Crippen LogP contribution in [0.1, 0.15) is 21.5 Å². The molecule has 3 aromatic rings. The summed E-state index contributed by atoms with van der Waals surface area (Å²) < 4.78 is 32.8. The number of carbonyl (C=O) groups is 1. The first-order chi connectivity index (χ1) is 12.8. The van der Waals surface area contributed by atoms with Gasteiger partial charge in [-0.15, -0.1) is 0 Å². The molecule has 0 atom stereocenters. The Morgan fingerprint density at radius 1 is 0.963 bits per heavy atom. The lowest BCUT2D eigenvalue weighted by molar-refractivity contribution is 0.102. The highest BCUT2D eigenvalue weighted by molar-refractivity contribution is 9.10. The lowest BCUT2D eigenvalue weighted by Crippen LogP contribution is -2.13. The fourth-order valence-electron chi connectivity index (χ4n) is 2.53. The average molecular weight is 432 g/mol. The second-order valence-corrected chi connectivity index (χ2v) is 6.95. The van der Waals surface area contributed by atoms with E-state index in [1.54, 1.807) is 19.1 Å². The minimum Gasteiger partial charge on any atom is -0.456 e. The van der Waals surface area contributed by atoms with Gasteiger partial charge in [0.2, 0.25) is 0 Å². The fourth-order valence-corrected chi connectivity index (χ4v) is 2.91. The van der Waals surface area contributed by atoms with E-state index >= 15 is 0 Å². The van der Waals surface area contributed by atoms with Crippen LogP contribution in [0.5, 0.6) is 11.5 Å². The number of ether oxygens (including phenoxy) is 1. The van der Waals surface area contributed by atoms with Crippen LogP contribution in [-0.4, -0.2) is 5.91 Å². The van der Waals surface area contributed by atoms with E-state index in [0.29, 0.717) is 28.3 Å². The zero-order valence-corrected chi connectivity index (χ0v) is 16.2. The molecular weight excluding hydrogens is 416 g/mol. The van der Waals surface area contributed by atoms with E-state index in [1.165, 1.54) is 36.4 Å². The second kappa shape index (κ2) is 7.88. The van der Waals surface area contributed by atoms with Crippen LogP contribution >= 0.6 is 15.9 Å². The number of rotatable bonds is 4. The van der Waals surface area contributed by atoms with Gasteiger partial charge in [-0.05, 0) is 83.9 Å². The van der Waals surface area contributed by atoms with Crippen molar-refractivity contribution in [2.75, 3.05) is 5.32 Å². The summed E-state index contributed by atoms with van der Waals surface area (Å²) in [6.07, 6.45) is 0. The highest BCUT2D eigenvalue weighted by atomic mass is 79.9. The van der Waals surface area contributed by atoms with Crippen LogP contribution < -0.4 is 10.1 Å². The Balaban J connectivity index is 1.91. The van der Waals surface area contributed by atoms with Gasteiger partial charge in [0.15, 0.2) is 0 Å². The summed E-state index contributed by atoms with van der Waals surface area (Å²) in [7, 11) is 0. The molecule has 3 aromatic carbocycles. The molecule has 27 heavy (non-hydrogen) atoms. The maximum atomic E-state index is 13.4. The molecule has 0 aliphatic carbocycles. The molecule has 1 N–H and O–H groups in total. The molecule has 0 radical (unpaired) electrons. The average Bonchev–Trinajstić information content (AvgIpc) is 2.62. The normalized spacial score (nSPS) is 10.6. The Morgan fingerprint density at radius 3 is 2.41 bits per heavy atom. The van der Waals surface area contributed by atoms with Gasteiger partial charge < -0.3 is 10.1 Å². The number of aryl methyl sites for hydroxylation is 2. The molecule has 0 aromatic heterocycles. The molecule has 0 bridgehead atoms. The number of amides is 1. The van der Waals surface area contributed by atoms with Crippen LogP contribution in [0.25, 0.3) is 0 Å². The molecule has 0 aliphatic rings. The highest BCUT2D eigenvalue weighted by Crippen LogP contribution is 2.30. The number of hydrogen-bond donors (Lipinski definition) is 1. The molecule has 0 aliphatic heterocycles. The summed E-state index contributed by atoms with van der Waals surface area (Å²) in [5, 5.41) is 2.73. The zero-order valence-electron chi connectivity index (χ0n) is 14.6. The number of nitrogens with one attached hydrogen (secondary N) is 1. The van der Waals surface area contributed by atoms with Gasteiger partial charge >= 0.3 is 0 Å². The summed E-state index contributed by atoms with van der Waals surface area (Å²) in [4.78, 5) is 12.8. The van der Waals surface area contributed by atoms with Crippen molar-refractivity contribution < 1.29 is 18.3 Å². The third kappa shape index (κ3) is 4.52. The van der Waals surface area contributed by atoms with Crippen LogP contribution in [0.2, 0.25) is 0 Å². The quantitative estimate of drug-likeness (QED) is 0.519. The molecule has 0 spiro atoms. The van der Waals surface area contributed by atoms with Crippen LogP contribution in [0.4, 0.5) is 14.5 Å². The first-order valence-corrected chi connectivity index (χ1v) is 8.94. The van der Waals surface area contributed by atoms with Crippen molar-refractivity contribution in [2.45, 2.75) is 13.8 Å². The Hall–Kier alpha value is -2.73. The first-order valence-electron chi connectivity index (χ1n) is 8.14. The van der Waals surface area contributed by atoms with Gasteiger partial charge in [-0.2, -0.15) is 0 Å². The van der Waals surface area contributed by atoms with Gasteiger partial charge in [-0.25, -0.2) is 8.78 Å². The third-order valence-electron chi connectivity index (χ3n) is 3.91. The van der Waals surface area contributed by atoms with Crippen LogP contribution in [0.3, 0.4) is 0 Å². The van der Waals surface area contributed by atoms with Gasteiger partial charge in [0.1, 0.15) is 23.1 Å².